The van der Waals surface area contributed by atoms with E-state index in [9.17, 15) is 9.59 Å². The number of pyridine rings is 1. The molecule has 32 heavy (non-hydrogen) atoms. The number of esters is 1. The van der Waals surface area contributed by atoms with Crippen LogP contribution in [0.3, 0.4) is 0 Å². The predicted molar refractivity (Wildman–Crippen MR) is 127 cm³/mol. The minimum Gasteiger partial charge on any atom is -0.487 e. The first-order chi connectivity index (χ1) is 15.4. The molecule has 0 bridgehead atoms. The van der Waals surface area contributed by atoms with E-state index in [2.05, 4.69) is 13.0 Å². The van der Waals surface area contributed by atoms with Gasteiger partial charge in [-0.25, -0.2) is 4.79 Å². The zero-order valence-electron chi connectivity index (χ0n) is 18.1. The smallest absolute Gasteiger partial charge is 0.337 e. The molecule has 0 fully saturated rings. The molecule has 0 amide bonds. The van der Waals surface area contributed by atoms with Gasteiger partial charge in [-0.2, -0.15) is 0 Å². The Balaban J connectivity index is 1.79. The first kappa shape index (κ1) is 23.9. The van der Waals surface area contributed by atoms with Gasteiger partial charge in [0.15, 0.2) is 0 Å². The fourth-order valence-corrected chi connectivity index (χ4v) is 3.95. The van der Waals surface area contributed by atoms with Crippen LogP contribution in [0.25, 0.3) is 0 Å². The lowest BCUT2D eigenvalue weighted by Crippen LogP contribution is -2.26. The molecule has 0 atom stereocenters. The van der Waals surface area contributed by atoms with Gasteiger partial charge in [0, 0.05) is 6.54 Å². The summed E-state index contributed by atoms with van der Waals surface area (Å²) in [6.45, 7) is 2.63. The van der Waals surface area contributed by atoms with Crippen LogP contribution in [-0.2, 0) is 30.7 Å². The van der Waals surface area contributed by atoms with Crippen molar-refractivity contribution in [1.82, 2.24) is 4.57 Å². The second-order valence-corrected chi connectivity index (χ2v) is 8.18. The van der Waals surface area contributed by atoms with Crippen molar-refractivity contribution in [2.75, 3.05) is 7.11 Å². The van der Waals surface area contributed by atoms with Gasteiger partial charge in [0.25, 0.3) is 5.56 Å². The molecule has 1 aromatic heterocycles. The Bertz CT molecular complexity index is 1140. The standard InChI is InChI=1S/C25H25Cl2NO4/c1-3-5-18-6-4-7-20(14-18)32-16-23-21(26)15-22(27)24(29)28(23)13-12-17-8-10-19(11-9-17)25(30)31-2/h4,6-11,14-15H,3,5,12-13,16H2,1-2H3. The van der Waals surface area contributed by atoms with E-state index < -0.39 is 5.97 Å². The molecule has 0 saturated carbocycles. The summed E-state index contributed by atoms with van der Waals surface area (Å²) in [5.74, 6) is 0.330. The first-order valence-corrected chi connectivity index (χ1v) is 11.1. The van der Waals surface area contributed by atoms with E-state index in [1.54, 1.807) is 16.7 Å². The average molecular weight is 474 g/mol. The Morgan fingerprint density at radius 2 is 1.72 bits per heavy atom. The Morgan fingerprint density at radius 3 is 2.41 bits per heavy atom. The number of halogens is 2. The van der Waals surface area contributed by atoms with Gasteiger partial charge in [-0.3, -0.25) is 4.79 Å². The SMILES string of the molecule is CCCc1cccc(OCc2c(Cl)cc(Cl)c(=O)n2CCc2ccc(C(=O)OC)cc2)c1. The van der Waals surface area contributed by atoms with Crippen molar-refractivity contribution in [1.29, 1.82) is 0 Å². The molecular weight excluding hydrogens is 449 g/mol. The molecule has 0 unspecified atom stereocenters. The second-order valence-electron chi connectivity index (χ2n) is 7.37. The molecule has 0 N–H and O–H groups in total. The number of aryl methyl sites for hydroxylation is 2. The maximum Gasteiger partial charge on any atom is 0.337 e. The number of ether oxygens (including phenoxy) is 2. The van der Waals surface area contributed by atoms with Gasteiger partial charge in [-0.1, -0.05) is 60.8 Å². The van der Waals surface area contributed by atoms with Crippen molar-refractivity contribution in [3.8, 4) is 5.75 Å². The zero-order valence-corrected chi connectivity index (χ0v) is 19.6. The number of hydrogen-bond acceptors (Lipinski definition) is 4. The van der Waals surface area contributed by atoms with Crippen molar-refractivity contribution in [3.63, 3.8) is 0 Å². The normalized spacial score (nSPS) is 10.8. The molecule has 5 nitrogen and oxygen atoms in total. The van der Waals surface area contributed by atoms with Crippen molar-refractivity contribution in [2.45, 2.75) is 39.3 Å². The van der Waals surface area contributed by atoms with Gasteiger partial charge in [0.1, 0.15) is 17.4 Å². The number of methoxy groups -OCH3 is 1. The number of carbonyl (C=O) groups excluding carboxylic acids is 1. The lowest BCUT2D eigenvalue weighted by molar-refractivity contribution is 0.0600. The highest BCUT2D eigenvalue weighted by atomic mass is 35.5. The Labute approximate surface area is 197 Å². The van der Waals surface area contributed by atoms with Crippen LogP contribution < -0.4 is 10.3 Å². The summed E-state index contributed by atoms with van der Waals surface area (Å²) in [6, 6.07) is 16.4. The van der Waals surface area contributed by atoms with Crippen LogP contribution in [0.5, 0.6) is 5.75 Å². The molecule has 0 aliphatic rings. The monoisotopic (exact) mass is 473 g/mol. The molecule has 3 rings (SSSR count). The van der Waals surface area contributed by atoms with E-state index in [1.807, 2.05) is 30.3 Å². The van der Waals surface area contributed by atoms with Crippen LogP contribution in [0.2, 0.25) is 10.0 Å². The zero-order chi connectivity index (χ0) is 23.1. The highest BCUT2D eigenvalue weighted by molar-refractivity contribution is 6.34. The minimum absolute atomic E-state index is 0.0599. The summed E-state index contributed by atoms with van der Waals surface area (Å²) in [6.07, 6.45) is 2.57. The van der Waals surface area contributed by atoms with Crippen molar-refractivity contribution >= 4 is 29.2 Å². The van der Waals surface area contributed by atoms with Crippen molar-refractivity contribution in [3.05, 3.63) is 97.4 Å². The van der Waals surface area contributed by atoms with E-state index in [0.29, 0.717) is 29.2 Å². The largest absolute Gasteiger partial charge is 0.487 e. The minimum atomic E-state index is -0.392. The molecule has 0 aliphatic heterocycles. The van der Waals surface area contributed by atoms with E-state index in [-0.39, 0.29) is 17.2 Å². The van der Waals surface area contributed by atoms with Gasteiger partial charge >= 0.3 is 5.97 Å². The molecule has 1 heterocycles. The van der Waals surface area contributed by atoms with Crippen LogP contribution in [0, 0.1) is 0 Å². The maximum absolute atomic E-state index is 12.8. The molecule has 168 valence electrons. The Kier molecular flexibility index (Phi) is 8.37. The molecule has 0 aliphatic carbocycles. The van der Waals surface area contributed by atoms with E-state index in [0.717, 1.165) is 24.2 Å². The lowest BCUT2D eigenvalue weighted by atomic mass is 10.1. The van der Waals surface area contributed by atoms with Gasteiger partial charge < -0.3 is 14.0 Å². The van der Waals surface area contributed by atoms with Gasteiger partial charge in [-0.15, -0.1) is 0 Å². The van der Waals surface area contributed by atoms with Crippen LogP contribution in [-0.4, -0.2) is 17.6 Å². The quantitative estimate of drug-likeness (QED) is 0.373. The summed E-state index contributed by atoms with van der Waals surface area (Å²) in [7, 11) is 1.34. The number of hydrogen-bond donors (Lipinski definition) is 0. The van der Waals surface area contributed by atoms with Gasteiger partial charge in [-0.05, 0) is 54.3 Å². The third-order valence-corrected chi connectivity index (χ3v) is 5.71. The summed E-state index contributed by atoms with van der Waals surface area (Å²) < 4.78 is 12.2. The van der Waals surface area contributed by atoms with Crippen molar-refractivity contribution < 1.29 is 14.3 Å². The summed E-state index contributed by atoms with van der Waals surface area (Å²) in [5.41, 5.74) is 2.87. The fourth-order valence-electron chi connectivity index (χ4n) is 3.42. The van der Waals surface area contributed by atoms with Gasteiger partial charge in [0.2, 0.25) is 0 Å². The number of benzene rings is 2. The lowest BCUT2D eigenvalue weighted by Gasteiger charge is -2.16. The van der Waals surface area contributed by atoms with Crippen LogP contribution in [0.1, 0.15) is 40.5 Å². The van der Waals surface area contributed by atoms with E-state index in [1.165, 1.54) is 18.7 Å². The third-order valence-electron chi connectivity index (χ3n) is 5.12. The topological polar surface area (TPSA) is 57.5 Å². The fraction of sp³-hybridized carbons (Fsp3) is 0.280. The molecule has 3 aromatic rings. The van der Waals surface area contributed by atoms with Crippen LogP contribution in [0.15, 0.2) is 59.4 Å². The highest BCUT2D eigenvalue weighted by Crippen LogP contribution is 2.22. The van der Waals surface area contributed by atoms with E-state index >= 15 is 0 Å². The molecule has 0 spiro atoms. The molecular formula is C25H25Cl2NO4. The Morgan fingerprint density at radius 1 is 0.969 bits per heavy atom. The van der Waals surface area contributed by atoms with Crippen LogP contribution >= 0.6 is 23.2 Å². The summed E-state index contributed by atoms with van der Waals surface area (Å²) in [4.78, 5) is 24.4. The van der Waals surface area contributed by atoms with Gasteiger partial charge in [0.05, 0.1) is 23.4 Å². The third kappa shape index (κ3) is 5.93. The molecule has 2 aromatic carbocycles. The number of aromatic nitrogens is 1. The second kappa shape index (κ2) is 11.2. The summed E-state index contributed by atoms with van der Waals surface area (Å²) in [5, 5.41) is 0.435. The molecule has 7 heteroatoms. The first-order valence-electron chi connectivity index (χ1n) is 10.4. The van der Waals surface area contributed by atoms with E-state index in [4.69, 9.17) is 32.7 Å². The number of carbonyl (C=O) groups is 1. The Hall–Kier alpha value is -2.76. The number of nitrogens with zero attached hydrogens (tertiary/aromatic N) is 1. The van der Waals surface area contributed by atoms with Crippen LogP contribution in [0.4, 0.5) is 0 Å². The maximum atomic E-state index is 12.8. The van der Waals surface area contributed by atoms with Crippen molar-refractivity contribution in [2.24, 2.45) is 0 Å². The highest BCUT2D eigenvalue weighted by Gasteiger charge is 2.14. The number of rotatable bonds is 9. The average Bonchev–Trinajstić information content (AvgIpc) is 2.80. The molecule has 0 saturated heterocycles. The molecule has 0 radical (unpaired) electrons. The predicted octanol–water partition coefficient (Wildman–Crippen LogP) is 5.72. The summed E-state index contributed by atoms with van der Waals surface area (Å²) >= 11 is 12.5.